The lowest BCUT2D eigenvalue weighted by molar-refractivity contribution is 0.0697. The highest BCUT2D eigenvalue weighted by molar-refractivity contribution is 6.33. The molecule has 26 heavy (non-hydrogen) atoms. The van der Waals surface area contributed by atoms with Gasteiger partial charge in [0.05, 0.1) is 16.3 Å². The number of carboxylic acids is 1. The Labute approximate surface area is 161 Å². The van der Waals surface area contributed by atoms with Gasteiger partial charge in [0.15, 0.2) is 0 Å². The summed E-state index contributed by atoms with van der Waals surface area (Å²) in [5.74, 6) is -1.04. The Bertz CT molecular complexity index is 1010. The SMILES string of the molecule is Cc1cc(C=Nc2ccc(Cl)cc2)c(C)n1-c1ccc(C(=O)O)c(Cl)c1. The van der Waals surface area contributed by atoms with E-state index in [4.69, 9.17) is 28.3 Å². The Morgan fingerprint density at radius 1 is 1.08 bits per heavy atom. The van der Waals surface area contributed by atoms with Gasteiger partial charge in [0.2, 0.25) is 0 Å². The standard InChI is InChI=1S/C20H16Cl2N2O2/c1-12-9-14(11-23-16-5-3-15(21)4-6-16)13(2)24(12)17-7-8-18(20(25)26)19(22)10-17/h3-11H,1-2H3,(H,25,26). The molecule has 6 heteroatoms. The predicted octanol–water partition coefficient (Wildman–Crippen LogP) is 5.85. The van der Waals surface area contributed by atoms with Crippen LogP contribution in [0.1, 0.15) is 27.3 Å². The molecule has 132 valence electrons. The fourth-order valence-corrected chi connectivity index (χ4v) is 3.19. The van der Waals surface area contributed by atoms with Crippen LogP contribution in [-0.2, 0) is 0 Å². The minimum Gasteiger partial charge on any atom is -0.478 e. The fraction of sp³-hybridized carbons (Fsp3) is 0.100. The lowest BCUT2D eigenvalue weighted by atomic mass is 10.2. The minimum atomic E-state index is -1.04. The maximum Gasteiger partial charge on any atom is 0.337 e. The van der Waals surface area contributed by atoms with Crippen molar-refractivity contribution in [3.8, 4) is 5.69 Å². The van der Waals surface area contributed by atoms with Gasteiger partial charge in [0.25, 0.3) is 0 Å². The zero-order valence-electron chi connectivity index (χ0n) is 14.2. The number of aryl methyl sites for hydroxylation is 1. The average Bonchev–Trinajstić information content (AvgIpc) is 2.87. The molecule has 0 spiro atoms. The highest BCUT2D eigenvalue weighted by atomic mass is 35.5. The van der Waals surface area contributed by atoms with Gasteiger partial charge in [0, 0.05) is 33.9 Å². The fourth-order valence-electron chi connectivity index (χ4n) is 2.80. The number of carbonyl (C=O) groups is 1. The summed E-state index contributed by atoms with van der Waals surface area (Å²) in [6, 6.07) is 14.2. The van der Waals surface area contributed by atoms with Gasteiger partial charge in [-0.2, -0.15) is 0 Å². The molecule has 3 aromatic rings. The van der Waals surface area contributed by atoms with Gasteiger partial charge in [-0.15, -0.1) is 0 Å². The van der Waals surface area contributed by atoms with E-state index in [9.17, 15) is 4.79 Å². The van der Waals surface area contributed by atoms with Crippen LogP contribution < -0.4 is 0 Å². The molecule has 0 aliphatic carbocycles. The summed E-state index contributed by atoms with van der Waals surface area (Å²) in [5.41, 5.74) is 4.66. The number of nitrogens with zero attached hydrogens (tertiary/aromatic N) is 2. The molecule has 0 fully saturated rings. The number of aromatic carboxylic acids is 1. The van der Waals surface area contributed by atoms with Gasteiger partial charge in [-0.1, -0.05) is 23.2 Å². The van der Waals surface area contributed by atoms with Crippen molar-refractivity contribution >= 4 is 41.1 Å². The maximum atomic E-state index is 11.1. The smallest absolute Gasteiger partial charge is 0.337 e. The summed E-state index contributed by atoms with van der Waals surface area (Å²) >= 11 is 12.0. The zero-order valence-corrected chi connectivity index (χ0v) is 15.7. The number of benzene rings is 2. The Balaban J connectivity index is 1.97. The lowest BCUT2D eigenvalue weighted by Gasteiger charge is -2.11. The van der Waals surface area contributed by atoms with E-state index in [-0.39, 0.29) is 10.6 Å². The van der Waals surface area contributed by atoms with Crippen LogP contribution in [0.25, 0.3) is 5.69 Å². The van der Waals surface area contributed by atoms with E-state index < -0.39 is 5.97 Å². The first-order valence-corrected chi connectivity index (χ1v) is 8.64. The van der Waals surface area contributed by atoms with Gasteiger partial charge in [-0.3, -0.25) is 4.99 Å². The quantitative estimate of drug-likeness (QED) is 0.571. The van der Waals surface area contributed by atoms with E-state index in [1.54, 1.807) is 30.5 Å². The molecule has 0 bridgehead atoms. The molecule has 2 aromatic carbocycles. The number of halogens is 2. The zero-order chi connectivity index (χ0) is 18.8. The molecular formula is C20H16Cl2N2O2. The van der Waals surface area contributed by atoms with Gasteiger partial charge >= 0.3 is 5.97 Å². The summed E-state index contributed by atoms with van der Waals surface area (Å²) < 4.78 is 2.01. The van der Waals surface area contributed by atoms with Gasteiger partial charge in [0.1, 0.15) is 0 Å². The number of aliphatic imine (C=N–C) groups is 1. The normalized spacial score (nSPS) is 11.2. The summed E-state index contributed by atoms with van der Waals surface area (Å²) in [6.45, 7) is 3.96. The lowest BCUT2D eigenvalue weighted by Crippen LogP contribution is -2.02. The molecule has 4 nitrogen and oxygen atoms in total. The van der Waals surface area contributed by atoms with Crippen molar-refractivity contribution in [3.05, 3.63) is 81.1 Å². The molecule has 0 aliphatic rings. The molecule has 0 saturated carbocycles. The molecule has 1 N–H and O–H groups in total. The molecule has 0 amide bonds. The molecule has 0 unspecified atom stereocenters. The van der Waals surface area contributed by atoms with Crippen LogP contribution in [-0.4, -0.2) is 21.9 Å². The molecule has 1 aromatic heterocycles. The minimum absolute atomic E-state index is 0.0856. The van der Waals surface area contributed by atoms with E-state index in [1.807, 2.05) is 36.6 Å². The van der Waals surface area contributed by atoms with E-state index in [0.717, 1.165) is 28.3 Å². The topological polar surface area (TPSA) is 54.6 Å². The van der Waals surface area contributed by atoms with Crippen LogP contribution in [0.2, 0.25) is 10.0 Å². The van der Waals surface area contributed by atoms with E-state index in [1.165, 1.54) is 6.07 Å². The molecule has 0 atom stereocenters. The van der Waals surface area contributed by atoms with E-state index in [2.05, 4.69) is 4.99 Å². The summed E-state index contributed by atoms with van der Waals surface area (Å²) in [7, 11) is 0. The number of hydrogen-bond donors (Lipinski definition) is 1. The first-order valence-electron chi connectivity index (χ1n) is 7.88. The Morgan fingerprint density at radius 3 is 2.38 bits per heavy atom. The Hall–Kier alpha value is -2.56. The van der Waals surface area contributed by atoms with Crippen molar-refractivity contribution < 1.29 is 9.90 Å². The average molecular weight is 387 g/mol. The van der Waals surface area contributed by atoms with E-state index in [0.29, 0.717) is 5.02 Å². The molecular weight excluding hydrogens is 371 g/mol. The summed E-state index contributed by atoms with van der Waals surface area (Å²) in [5, 5.41) is 10.00. The van der Waals surface area contributed by atoms with Crippen LogP contribution in [0.15, 0.2) is 53.5 Å². The second-order valence-electron chi connectivity index (χ2n) is 5.87. The predicted molar refractivity (Wildman–Crippen MR) is 106 cm³/mol. The first-order chi connectivity index (χ1) is 12.4. The number of rotatable bonds is 4. The van der Waals surface area contributed by atoms with Crippen LogP contribution >= 0.6 is 23.2 Å². The van der Waals surface area contributed by atoms with Crippen LogP contribution in [0.4, 0.5) is 5.69 Å². The highest BCUT2D eigenvalue weighted by Gasteiger charge is 2.13. The van der Waals surface area contributed by atoms with Crippen LogP contribution in [0.3, 0.4) is 0 Å². The second-order valence-corrected chi connectivity index (χ2v) is 6.71. The molecule has 0 radical (unpaired) electrons. The van der Waals surface area contributed by atoms with Crippen molar-refractivity contribution in [2.45, 2.75) is 13.8 Å². The summed E-state index contributed by atoms with van der Waals surface area (Å²) in [4.78, 5) is 15.6. The third-order valence-electron chi connectivity index (χ3n) is 4.09. The molecule has 0 aliphatic heterocycles. The van der Waals surface area contributed by atoms with Crippen molar-refractivity contribution in [2.24, 2.45) is 4.99 Å². The van der Waals surface area contributed by atoms with E-state index >= 15 is 0 Å². The summed E-state index contributed by atoms with van der Waals surface area (Å²) in [6.07, 6.45) is 1.80. The first kappa shape index (κ1) is 18.2. The van der Waals surface area contributed by atoms with Gasteiger partial charge in [-0.25, -0.2) is 4.79 Å². The van der Waals surface area contributed by atoms with Crippen LogP contribution in [0, 0.1) is 13.8 Å². The van der Waals surface area contributed by atoms with Crippen molar-refractivity contribution in [2.75, 3.05) is 0 Å². The van der Waals surface area contributed by atoms with Crippen LogP contribution in [0.5, 0.6) is 0 Å². The van der Waals surface area contributed by atoms with Crippen molar-refractivity contribution in [3.63, 3.8) is 0 Å². The Morgan fingerprint density at radius 2 is 1.77 bits per heavy atom. The number of carboxylic acid groups (broad SMARTS) is 1. The molecule has 0 saturated heterocycles. The van der Waals surface area contributed by atoms with Crippen molar-refractivity contribution in [1.82, 2.24) is 4.57 Å². The monoisotopic (exact) mass is 386 g/mol. The number of hydrogen-bond acceptors (Lipinski definition) is 2. The Kier molecular flexibility index (Phi) is 5.16. The highest BCUT2D eigenvalue weighted by Crippen LogP contribution is 2.25. The maximum absolute atomic E-state index is 11.1. The third kappa shape index (κ3) is 3.66. The van der Waals surface area contributed by atoms with Crippen molar-refractivity contribution in [1.29, 1.82) is 0 Å². The molecule has 1 heterocycles. The largest absolute Gasteiger partial charge is 0.478 e. The molecule has 3 rings (SSSR count). The van der Waals surface area contributed by atoms with Gasteiger partial charge < -0.3 is 9.67 Å². The van der Waals surface area contributed by atoms with Gasteiger partial charge in [-0.05, 0) is 62.4 Å². The second kappa shape index (κ2) is 7.36. The third-order valence-corrected chi connectivity index (χ3v) is 4.66. The number of aromatic nitrogens is 1.